The normalized spacial score (nSPS) is 55.6. The number of hydrogen-bond acceptors (Lipinski definition) is 19. The summed E-state index contributed by atoms with van der Waals surface area (Å²) in [6.07, 6.45) is -13.7. The third-order valence-corrected chi connectivity index (χ3v) is 18.0. The van der Waals surface area contributed by atoms with Crippen molar-refractivity contribution in [3.8, 4) is 0 Å². The number of aliphatic hydroxyl groups is 12. The van der Waals surface area contributed by atoms with Gasteiger partial charge in [0.25, 0.3) is 0 Å². The second kappa shape index (κ2) is 19.2. The molecule has 0 aromatic carbocycles. The molecule has 1 unspecified atom stereocenters. The minimum atomic E-state index is -1.75. The van der Waals surface area contributed by atoms with Crippen LogP contribution in [0.1, 0.15) is 91.9 Å². The molecule has 19 nitrogen and oxygen atoms in total. The van der Waals surface area contributed by atoms with Gasteiger partial charge in [-0.05, 0) is 104 Å². The second-order valence-corrected chi connectivity index (χ2v) is 21.5. The highest BCUT2D eigenvalue weighted by Crippen LogP contribution is 2.71. The summed E-state index contributed by atoms with van der Waals surface area (Å²) >= 11 is 0. The predicted octanol–water partition coefficient (Wildman–Crippen LogP) is -1.78. The van der Waals surface area contributed by atoms with Gasteiger partial charge in [0, 0.05) is 12.3 Å². The molecule has 0 radical (unpaired) electrons. The molecule has 4 aliphatic carbocycles. The Bertz CT molecular complexity index is 1560. The van der Waals surface area contributed by atoms with Gasteiger partial charge in [-0.3, -0.25) is 0 Å². The van der Waals surface area contributed by atoms with Gasteiger partial charge in [0.2, 0.25) is 0 Å². The number of rotatable bonds is 13. The topological polar surface area (TPSA) is 307 Å². The summed E-state index contributed by atoms with van der Waals surface area (Å²) in [7, 11) is 0. The summed E-state index contributed by atoms with van der Waals surface area (Å²) in [5.74, 6) is 0.532. The van der Waals surface area contributed by atoms with Crippen LogP contribution in [0, 0.1) is 52.3 Å². The highest BCUT2D eigenvalue weighted by atomic mass is 16.8. The highest BCUT2D eigenvalue weighted by molar-refractivity contribution is 5.15. The lowest BCUT2D eigenvalue weighted by atomic mass is 9.44. The molecule has 8 rings (SSSR count). The molecule has 370 valence electrons. The van der Waals surface area contributed by atoms with E-state index in [-0.39, 0.29) is 47.4 Å². The van der Waals surface area contributed by atoms with E-state index in [0.29, 0.717) is 42.9 Å². The minimum Gasteiger partial charge on any atom is -0.394 e. The Morgan fingerprint density at radius 2 is 1.20 bits per heavy atom. The molecule has 12 N–H and O–H groups in total. The Morgan fingerprint density at radius 1 is 0.625 bits per heavy atom. The third kappa shape index (κ3) is 8.65. The summed E-state index contributed by atoms with van der Waals surface area (Å²) in [5, 5.41) is 125. The predicted molar refractivity (Wildman–Crippen MR) is 219 cm³/mol. The SMILES string of the molecule is C[C@@H](CCC1(O)O[C@H]2C[C@H]3[C@@H]4CC[C@@H]5C[C@@H](O[C@@H]6O[C@H](CO)[C@@H](O)[C@H](O)[C@H]6O[C@@H]6O[C@H](CO)[C@@H](O)[C@H](O)[C@H]6O)CC[C@]5(C)[C@H]4CC[C@]3(C)[C@H]2[C@@H]1C)CO[C@@H]1O[C@H](CO)[C@@H](O)[C@H](O)[C@H]1O. The van der Waals surface area contributed by atoms with Crippen molar-refractivity contribution in [2.24, 2.45) is 52.3 Å². The Balaban J connectivity index is 0.869. The third-order valence-electron chi connectivity index (χ3n) is 18.0. The zero-order chi connectivity index (χ0) is 46.2. The lowest BCUT2D eigenvalue weighted by Crippen LogP contribution is -2.65. The zero-order valence-corrected chi connectivity index (χ0v) is 37.5. The fourth-order valence-electron chi connectivity index (χ4n) is 14.2. The second-order valence-electron chi connectivity index (χ2n) is 21.5. The van der Waals surface area contributed by atoms with E-state index >= 15 is 0 Å². The molecule has 8 fully saturated rings. The Hall–Kier alpha value is -0.760. The van der Waals surface area contributed by atoms with E-state index in [4.69, 9.17) is 33.2 Å². The van der Waals surface area contributed by atoms with E-state index in [1.54, 1.807) is 0 Å². The van der Waals surface area contributed by atoms with E-state index in [9.17, 15) is 61.3 Å². The highest BCUT2D eigenvalue weighted by Gasteiger charge is 2.68. The van der Waals surface area contributed by atoms with Crippen molar-refractivity contribution in [2.75, 3.05) is 26.4 Å². The van der Waals surface area contributed by atoms with Gasteiger partial charge in [-0.2, -0.15) is 0 Å². The van der Waals surface area contributed by atoms with Crippen molar-refractivity contribution in [2.45, 2.75) is 202 Å². The summed E-state index contributed by atoms with van der Waals surface area (Å²) in [6, 6.07) is 0. The zero-order valence-electron chi connectivity index (χ0n) is 37.5. The summed E-state index contributed by atoms with van der Waals surface area (Å²) in [5.41, 5.74) is 0.0475. The van der Waals surface area contributed by atoms with E-state index in [1.807, 2.05) is 6.92 Å². The Labute approximate surface area is 374 Å². The van der Waals surface area contributed by atoms with Crippen LogP contribution in [0.5, 0.6) is 0 Å². The van der Waals surface area contributed by atoms with Gasteiger partial charge in [-0.25, -0.2) is 0 Å². The van der Waals surface area contributed by atoms with Crippen molar-refractivity contribution in [3.05, 3.63) is 0 Å². The molecule has 27 atom stereocenters. The molecule has 4 heterocycles. The van der Waals surface area contributed by atoms with Crippen molar-refractivity contribution < 1.29 is 94.4 Å². The van der Waals surface area contributed by atoms with Crippen molar-refractivity contribution in [1.82, 2.24) is 0 Å². The summed E-state index contributed by atoms with van der Waals surface area (Å²) in [4.78, 5) is 0. The average molecular weight is 921 g/mol. The van der Waals surface area contributed by atoms with E-state index in [2.05, 4.69) is 20.8 Å². The first-order chi connectivity index (χ1) is 30.3. The van der Waals surface area contributed by atoms with Gasteiger partial charge in [0.15, 0.2) is 24.7 Å². The van der Waals surface area contributed by atoms with Gasteiger partial charge < -0.3 is 94.4 Å². The van der Waals surface area contributed by atoms with Gasteiger partial charge >= 0.3 is 0 Å². The van der Waals surface area contributed by atoms with Crippen LogP contribution in [0.3, 0.4) is 0 Å². The van der Waals surface area contributed by atoms with Gasteiger partial charge in [-0.1, -0.05) is 27.7 Å². The van der Waals surface area contributed by atoms with Crippen LogP contribution < -0.4 is 0 Å². The van der Waals surface area contributed by atoms with Crippen LogP contribution in [0.2, 0.25) is 0 Å². The molecule has 8 aliphatic rings. The average Bonchev–Trinajstić information content (AvgIpc) is 3.71. The molecule has 0 aromatic rings. The summed E-state index contributed by atoms with van der Waals surface area (Å²) < 4.78 is 42.0. The lowest BCUT2D eigenvalue weighted by molar-refractivity contribution is -0.373. The largest absolute Gasteiger partial charge is 0.394 e. The van der Waals surface area contributed by atoms with Crippen LogP contribution in [-0.4, -0.2) is 198 Å². The fourth-order valence-corrected chi connectivity index (χ4v) is 14.2. The number of aliphatic hydroxyl groups excluding tert-OH is 11. The van der Waals surface area contributed by atoms with E-state index in [0.717, 1.165) is 44.9 Å². The lowest BCUT2D eigenvalue weighted by Gasteiger charge is -2.61. The molecule has 0 aromatic heterocycles. The molecule has 4 saturated heterocycles. The molecule has 0 spiro atoms. The summed E-state index contributed by atoms with van der Waals surface area (Å²) in [6.45, 7) is 7.28. The first-order valence-corrected chi connectivity index (χ1v) is 23.9. The first kappa shape index (κ1) is 49.7. The molecule has 4 saturated carbocycles. The fraction of sp³-hybridized carbons (Fsp3) is 1.00. The molecular formula is C45H76O19. The molecule has 64 heavy (non-hydrogen) atoms. The molecule has 0 bridgehead atoms. The number of hydrogen-bond donors (Lipinski definition) is 12. The smallest absolute Gasteiger partial charge is 0.187 e. The maximum Gasteiger partial charge on any atom is 0.187 e. The van der Waals surface area contributed by atoms with Crippen LogP contribution in [0.15, 0.2) is 0 Å². The van der Waals surface area contributed by atoms with Crippen molar-refractivity contribution >= 4 is 0 Å². The standard InChI is InChI=1S/C45H76O19/c1-19(18-58-40-37(55)34(52)31(49)27(15-46)60-40)7-12-45(57)20(2)30-26(64-45)14-25-23-6-5-21-13-22(8-10-43(21,3)24(23)9-11-44(25,30)4)59-42-39(36(54)33(51)29(17-48)62-42)63-41-38(56)35(53)32(50)28(16-47)61-41/h19-42,46-57H,5-18H2,1-4H3/t19-,20-,21+,22-,23+,24-,25-,26-,27+,28+,29+,30-,31+,32+,33+,34-,35-,36-,37+,38+,39+,40+,41-,42+,43-,44-,45?/m0/s1. The van der Waals surface area contributed by atoms with E-state index in [1.165, 1.54) is 0 Å². The molecule has 0 amide bonds. The molecular weight excluding hydrogens is 844 g/mol. The van der Waals surface area contributed by atoms with Crippen LogP contribution in [0.4, 0.5) is 0 Å². The number of ether oxygens (including phenoxy) is 7. The Morgan fingerprint density at radius 3 is 1.84 bits per heavy atom. The van der Waals surface area contributed by atoms with E-state index < -0.39 is 118 Å². The molecule has 4 aliphatic heterocycles. The van der Waals surface area contributed by atoms with Gasteiger partial charge in [0.05, 0.1) is 38.6 Å². The van der Waals surface area contributed by atoms with Crippen LogP contribution in [-0.2, 0) is 33.2 Å². The minimum absolute atomic E-state index is 0.00000712. The van der Waals surface area contributed by atoms with Crippen molar-refractivity contribution in [3.63, 3.8) is 0 Å². The van der Waals surface area contributed by atoms with Gasteiger partial charge in [-0.15, -0.1) is 0 Å². The quantitative estimate of drug-likeness (QED) is 0.0909. The monoisotopic (exact) mass is 920 g/mol. The van der Waals surface area contributed by atoms with Crippen molar-refractivity contribution in [1.29, 1.82) is 0 Å². The molecule has 19 heteroatoms. The van der Waals surface area contributed by atoms with Gasteiger partial charge in [0.1, 0.15) is 73.2 Å². The Kier molecular flexibility index (Phi) is 14.9. The first-order valence-electron chi connectivity index (χ1n) is 23.9. The maximum absolute atomic E-state index is 12.1. The maximum atomic E-state index is 12.1. The number of fused-ring (bicyclic) bond motifs is 7. The van der Waals surface area contributed by atoms with Crippen LogP contribution >= 0.6 is 0 Å². The van der Waals surface area contributed by atoms with Crippen LogP contribution in [0.25, 0.3) is 0 Å².